The summed E-state index contributed by atoms with van der Waals surface area (Å²) in [4.78, 5) is 58.1. The van der Waals surface area contributed by atoms with Crippen LogP contribution >= 0.6 is 0 Å². The number of esters is 4. The van der Waals surface area contributed by atoms with Gasteiger partial charge in [0, 0.05) is 34.1 Å². The summed E-state index contributed by atoms with van der Waals surface area (Å²) in [6.45, 7) is 5.80. The van der Waals surface area contributed by atoms with Crippen LogP contribution in [-0.2, 0) is 54.1 Å². The van der Waals surface area contributed by atoms with Gasteiger partial charge in [0.05, 0.1) is 0 Å². The van der Waals surface area contributed by atoms with E-state index in [1.165, 1.54) is 13.8 Å². The zero-order valence-electron chi connectivity index (χ0n) is 20.3. The number of carbonyl (C=O) groups excluding carboxylic acids is 5. The molecule has 1 aromatic rings. The van der Waals surface area contributed by atoms with Crippen LogP contribution in [0.15, 0.2) is 24.3 Å². The molecular weight excluding hydrogens is 464 g/mol. The number of rotatable bonds is 10. The number of hydrogen-bond donors (Lipinski definition) is 0. The van der Waals surface area contributed by atoms with Crippen molar-refractivity contribution in [3.63, 3.8) is 0 Å². The molecule has 0 unspecified atom stereocenters. The molecule has 0 aliphatic carbocycles. The first-order chi connectivity index (χ1) is 16.5. The average molecular weight is 494 g/mol. The van der Waals surface area contributed by atoms with Crippen LogP contribution in [0.2, 0.25) is 0 Å². The van der Waals surface area contributed by atoms with Gasteiger partial charge in [-0.25, -0.2) is 0 Å². The van der Waals surface area contributed by atoms with E-state index in [1.54, 1.807) is 24.3 Å². The van der Waals surface area contributed by atoms with Gasteiger partial charge >= 0.3 is 23.9 Å². The molecule has 11 heteroatoms. The molecule has 35 heavy (non-hydrogen) atoms. The maximum Gasteiger partial charge on any atom is 0.303 e. The second kappa shape index (κ2) is 12.8. The number of aryl methyl sites for hydroxylation is 1. The third kappa shape index (κ3) is 9.01. The van der Waals surface area contributed by atoms with Gasteiger partial charge in [0.15, 0.2) is 12.2 Å². The molecule has 2 rings (SSSR count). The van der Waals surface area contributed by atoms with E-state index in [4.69, 9.17) is 28.4 Å². The van der Waals surface area contributed by atoms with Gasteiger partial charge in [-0.3, -0.25) is 19.2 Å². The van der Waals surface area contributed by atoms with Crippen LogP contribution in [0.5, 0.6) is 5.75 Å². The van der Waals surface area contributed by atoms with Gasteiger partial charge in [0.2, 0.25) is 12.4 Å². The van der Waals surface area contributed by atoms with Crippen LogP contribution in [-0.4, -0.2) is 67.0 Å². The zero-order chi connectivity index (χ0) is 26.1. The molecule has 11 nitrogen and oxygen atoms in total. The number of Topliss-reactive ketones (excluding diaryl/α,β-unsaturated/α-hetero) is 1. The third-order valence-corrected chi connectivity index (χ3v) is 4.89. The van der Waals surface area contributed by atoms with Crippen LogP contribution in [0.25, 0.3) is 0 Å². The molecule has 5 atom stereocenters. The Morgan fingerprint density at radius 2 is 1.29 bits per heavy atom. The van der Waals surface area contributed by atoms with E-state index in [1.807, 2.05) is 0 Å². The molecule has 1 fully saturated rings. The monoisotopic (exact) mass is 494 g/mol. The Hall–Kier alpha value is -3.47. The predicted molar refractivity (Wildman–Crippen MR) is 118 cm³/mol. The molecule has 0 spiro atoms. The smallest absolute Gasteiger partial charge is 0.303 e. The maximum absolute atomic E-state index is 11.9. The summed E-state index contributed by atoms with van der Waals surface area (Å²) in [6, 6.07) is 6.82. The minimum Gasteiger partial charge on any atom is -0.463 e. The lowest BCUT2D eigenvalue weighted by Gasteiger charge is -2.43. The Morgan fingerprint density at radius 1 is 0.743 bits per heavy atom. The van der Waals surface area contributed by atoms with Crippen molar-refractivity contribution in [3.8, 4) is 5.75 Å². The first-order valence-electron chi connectivity index (χ1n) is 11.0. The highest BCUT2D eigenvalue weighted by molar-refractivity contribution is 5.75. The van der Waals surface area contributed by atoms with E-state index in [2.05, 4.69) is 0 Å². The Bertz CT molecular complexity index is 924. The van der Waals surface area contributed by atoms with E-state index >= 15 is 0 Å². The van der Waals surface area contributed by atoms with E-state index in [9.17, 15) is 24.0 Å². The van der Waals surface area contributed by atoms with Crippen molar-refractivity contribution in [1.82, 2.24) is 0 Å². The van der Waals surface area contributed by atoms with Gasteiger partial charge in [0.25, 0.3) is 0 Å². The lowest BCUT2D eigenvalue weighted by molar-refractivity contribution is -0.288. The summed E-state index contributed by atoms with van der Waals surface area (Å²) in [5.74, 6) is -2.37. The van der Waals surface area contributed by atoms with Gasteiger partial charge in [0.1, 0.15) is 24.2 Å². The second-order valence-electron chi connectivity index (χ2n) is 8.03. The summed E-state index contributed by atoms with van der Waals surface area (Å²) >= 11 is 0. The molecule has 1 aromatic carbocycles. The van der Waals surface area contributed by atoms with E-state index < -0.39 is 54.6 Å². The van der Waals surface area contributed by atoms with Crippen LogP contribution in [0.3, 0.4) is 0 Å². The minimum absolute atomic E-state index is 0.0721. The SMILES string of the molecule is CC(=O)CCc1ccc(O[C@@H]2O[C@H](COC(C)=O)[C@@H](OC(C)=O)[C@H](OC(C)=O)[C@H]2OC(C)=O)cc1. The number of ketones is 1. The zero-order valence-corrected chi connectivity index (χ0v) is 20.3. The van der Waals surface area contributed by atoms with Crippen molar-refractivity contribution in [2.75, 3.05) is 6.61 Å². The highest BCUT2D eigenvalue weighted by Crippen LogP contribution is 2.31. The van der Waals surface area contributed by atoms with Crippen LogP contribution in [0.4, 0.5) is 0 Å². The van der Waals surface area contributed by atoms with Gasteiger partial charge in [-0.05, 0) is 31.0 Å². The van der Waals surface area contributed by atoms with Gasteiger partial charge in [-0.1, -0.05) is 12.1 Å². The van der Waals surface area contributed by atoms with Crippen molar-refractivity contribution in [2.45, 2.75) is 78.2 Å². The molecule has 1 heterocycles. The van der Waals surface area contributed by atoms with E-state index in [0.717, 1.165) is 26.3 Å². The van der Waals surface area contributed by atoms with Crippen LogP contribution in [0, 0.1) is 0 Å². The van der Waals surface area contributed by atoms with E-state index in [0.29, 0.717) is 18.6 Å². The molecular formula is C24H30O11. The Morgan fingerprint density at radius 3 is 1.80 bits per heavy atom. The molecule has 0 radical (unpaired) electrons. The van der Waals surface area contributed by atoms with Crippen molar-refractivity contribution in [2.24, 2.45) is 0 Å². The fraction of sp³-hybridized carbons (Fsp3) is 0.542. The van der Waals surface area contributed by atoms with Crippen molar-refractivity contribution in [1.29, 1.82) is 0 Å². The molecule has 0 N–H and O–H groups in total. The summed E-state index contributed by atoms with van der Waals surface area (Å²) in [5.41, 5.74) is 0.911. The van der Waals surface area contributed by atoms with Crippen LogP contribution < -0.4 is 4.74 Å². The molecule has 1 aliphatic heterocycles. The highest BCUT2D eigenvalue weighted by Gasteiger charge is 2.53. The maximum atomic E-state index is 11.9. The summed E-state index contributed by atoms with van der Waals surface area (Å²) in [5, 5.41) is 0. The van der Waals surface area contributed by atoms with Crippen molar-refractivity contribution >= 4 is 29.7 Å². The topological polar surface area (TPSA) is 141 Å². The largest absolute Gasteiger partial charge is 0.463 e. The molecule has 0 saturated carbocycles. The number of hydrogen-bond acceptors (Lipinski definition) is 11. The summed E-state index contributed by atoms with van der Waals surface area (Å²) in [6.07, 6.45) is -5.32. The molecule has 0 bridgehead atoms. The van der Waals surface area contributed by atoms with Crippen LogP contribution in [0.1, 0.15) is 46.6 Å². The van der Waals surface area contributed by atoms with Crippen molar-refractivity contribution < 1.29 is 52.4 Å². The number of carbonyl (C=O) groups is 5. The first kappa shape index (κ1) is 27.8. The lowest BCUT2D eigenvalue weighted by Crippen LogP contribution is -2.63. The second-order valence-corrected chi connectivity index (χ2v) is 8.03. The average Bonchev–Trinajstić information content (AvgIpc) is 2.75. The van der Waals surface area contributed by atoms with Gasteiger partial charge in [-0.2, -0.15) is 0 Å². The summed E-state index contributed by atoms with van der Waals surface area (Å²) < 4.78 is 32.9. The molecule has 0 amide bonds. The standard InChI is InChI=1S/C24H30O11/c1-13(25)6-7-18-8-10-19(11-9-18)34-24-23(33-17(5)29)22(32-16(4)28)21(31-15(3)27)20(35-24)12-30-14(2)26/h8-11,20-24H,6-7,12H2,1-5H3/t20-,21-,22+,23-,24-/m1/s1. The quantitative estimate of drug-likeness (QED) is 0.346. The molecule has 1 saturated heterocycles. The minimum atomic E-state index is -1.31. The molecule has 192 valence electrons. The molecule has 1 aliphatic rings. The third-order valence-electron chi connectivity index (χ3n) is 4.89. The Balaban J connectivity index is 2.36. The predicted octanol–water partition coefficient (Wildman–Crippen LogP) is 1.67. The fourth-order valence-corrected chi connectivity index (χ4v) is 3.47. The normalized spacial score (nSPS) is 23.5. The Kier molecular flexibility index (Phi) is 10.2. The fourth-order valence-electron chi connectivity index (χ4n) is 3.47. The van der Waals surface area contributed by atoms with Gasteiger partial charge < -0.3 is 33.2 Å². The van der Waals surface area contributed by atoms with Crippen molar-refractivity contribution in [3.05, 3.63) is 29.8 Å². The van der Waals surface area contributed by atoms with E-state index in [-0.39, 0.29) is 12.4 Å². The molecule has 0 aromatic heterocycles. The number of benzene rings is 1. The summed E-state index contributed by atoms with van der Waals surface area (Å²) in [7, 11) is 0. The first-order valence-corrected chi connectivity index (χ1v) is 11.0. The lowest BCUT2D eigenvalue weighted by atomic mass is 9.98. The number of ether oxygens (including phenoxy) is 6. The Labute approximate surface area is 202 Å². The van der Waals surface area contributed by atoms with Gasteiger partial charge in [-0.15, -0.1) is 0 Å². The highest BCUT2D eigenvalue weighted by atomic mass is 16.7.